The first kappa shape index (κ1) is 43.5. The van der Waals surface area contributed by atoms with Crippen LogP contribution >= 0.6 is 0 Å². The molecular weight excluding hydrogens is 729 g/mol. The number of benzene rings is 2. The van der Waals surface area contributed by atoms with Crippen LogP contribution in [0, 0.1) is 47.3 Å². The van der Waals surface area contributed by atoms with Gasteiger partial charge in [0.1, 0.15) is 11.5 Å². The summed E-state index contributed by atoms with van der Waals surface area (Å²) in [6, 6.07) is 18.1. The maximum atomic E-state index is 10.4. The molecule has 8 saturated carbocycles. The summed E-state index contributed by atoms with van der Waals surface area (Å²) in [4.78, 5) is 2.41. The van der Waals surface area contributed by atoms with Crippen LogP contribution in [0.15, 0.2) is 48.5 Å². The van der Waals surface area contributed by atoms with Crippen molar-refractivity contribution in [3.05, 3.63) is 59.7 Å². The van der Waals surface area contributed by atoms with Crippen molar-refractivity contribution in [2.24, 2.45) is 47.3 Å². The lowest BCUT2D eigenvalue weighted by Crippen LogP contribution is -2.48. The molecule has 11 aliphatic rings. The van der Waals surface area contributed by atoms with E-state index in [9.17, 15) is 5.11 Å². The summed E-state index contributed by atoms with van der Waals surface area (Å²) in [6.45, 7) is 12.5. The number of hydrogen-bond acceptors (Lipinski definition) is 6. The molecule has 328 valence electrons. The Morgan fingerprint density at radius 1 is 0.644 bits per heavy atom. The molecule has 0 spiro atoms. The molecule has 59 heavy (non-hydrogen) atoms. The van der Waals surface area contributed by atoms with Gasteiger partial charge in [0.05, 0.1) is 32.0 Å². The van der Waals surface area contributed by atoms with Gasteiger partial charge in [-0.3, -0.25) is 0 Å². The van der Waals surface area contributed by atoms with Gasteiger partial charge < -0.3 is 29.5 Å². The monoisotopic (exact) mass is 811 g/mol. The number of hydrogen-bond donors (Lipinski definition) is 2. The zero-order valence-corrected chi connectivity index (χ0v) is 36.4. The van der Waals surface area contributed by atoms with Crippen molar-refractivity contribution >= 4 is 0 Å². The van der Waals surface area contributed by atoms with Crippen LogP contribution in [0.2, 0.25) is 0 Å². The van der Waals surface area contributed by atoms with E-state index in [0.717, 1.165) is 98.1 Å². The average molecular weight is 811 g/mol. The van der Waals surface area contributed by atoms with Crippen molar-refractivity contribution in [2.75, 3.05) is 52.5 Å². The highest BCUT2D eigenvalue weighted by atomic mass is 16.6. The lowest BCUT2D eigenvalue weighted by molar-refractivity contribution is -0.00533. The van der Waals surface area contributed by atoms with Gasteiger partial charge in [0.2, 0.25) is 0 Å². The Balaban J connectivity index is 0.000000142. The minimum atomic E-state index is -0.283. The fraction of sp³-hybridized carbons (Fsp3) is 0.774. The van der Waals surface area contributed by atoms with Gasteiger partial charge in [0.15, 0.2) is 0 Å². The number of rotatable bonds is 12. The summed E-state index contributed by atoms with van der Waals surface area (Å²) < 4.78 is 17.1. The standard InChI is InChI=1S/C26H39NO2.C20H26O2.C6H13N.CH4/c1-19-6-9-27(10-7-19)18-24(28)8-11-29-25-4-2-23(3-5-25)26-15-20-12-21(16-26)14-22(13-20)17-26;1-3-18(21-6-5-19-13-22-19)4-2-17(1)20-10-14-7-15(11-20)9-16(8-14)12-20;1-6-2-4-7-5-3-6;/h2-5,19-22,24,28H,6-18H2,1H3;1-4,14-16,19H,5-13H2;6-7H,2-5H2,1H3;1H4. The third kappa shape index (κ3) is 11.1. The number of β-amino-alcohol motifs (C(OH)–C–C–N with tert-alkyl or cyclic N) is 1. The van der Waals surface area contributed by atoms with Gasteiger partial charge in [0.25, 0.3) is 0 Å². The first-order chi connectivity index (χ1) is 28.3. The molecule has 3 aliphatic heterocycles. The molecule has 2 atom stereocenters. The van der Waals surface area contributed by atoms with Crippen LogP contribution in [0.1, 0.15) is 148 Å². The molecule has 8 bridgehead atoms. The maximum Gasteiger partial charge on any atom is 0.119 e. The molecule has 13 rings (SSSR count). The Kier molecular flexibility index (Phi) is 14.4. The zero-order chi connectivity index (χ0) is 39.5. The second-order valence-corrected chi connectivity index (χ2v) is 21.7. The Bertz CT molecular complexity index is 1500. The van der Waals surface area contributed by atoms with Crippen LogP contribution < -0.4 is 14.8 Å². The third-order valence-corrected chi connectivity index (χ3v) is 16.8. The van der Waals surface area contributed by atoms with Gasteiger partial charge in [-0.2, -0.15) is 0 Å². The van der Waals surface area contributed by atoms with E-state index in [1.807, 2.05) is 0 Å². The van der Waals surface area contributed by atoms with E-state index in [0.29, 0.717) is 30.0 Å². The highest BCUT2D eigenvalue weighted by Crippen LogP contribution is 2.62. The number of likely N-dealkylation sites (tertiary alicyclic amines) is 1. The molecular formula is C53H82N2O4. The van der Waals surface area contributed by atoms with Gasteiger partial charge >= 0.3 is 0 Å². The maximum absolute atomic E-state index is 10.4. The minimum absolute atomic E-state index is 0. The van der Waals surface area contributed by atoms with Gasteiger partial charge in [-0.25, -0.2) is 0 Å². The largest absolute Gasteiger partial charge is 0.493 e. The average Bonchev–Trinajstić information content (AvgIpc) is 4.04. The second kappa shape index (κ2) is 19.5. The summed E-state index contributed by atoms with van der Waals surface area (Å²) in [5, 5.41) is 13.7. The Morgan fingerprint density at radius 2 is 1.05 bits per heavy atom. The molecule has 2 aromatic rings. The number of aliphatic hydroxyl groups is 1. The van der Waals surface area contributed by atoms with Gasteiger partial charge in [-0.1, -0.05) is 45.5 Å². The molecule has 11 fully saturated rings. The molecule has 6 nitrogen and oxygen atoms in total. The topological polar surface area (TPSA) is 66.5 Å². The van der Waals surface area contributed by atoms with Crippen molar-refractivity contribution in [1.82, 2.24) is 10.2 Å². The summed E-state index contributed by atoms with van der Waals surface area (Å²) >= 11 is 0. The summed E-state index contributed by atoms with van der Waals surface area (Å²) in [5.74, 6) is 9.80. The summed E-state index contributed by atoms with van der Waals surface area (Å²) in [7, 11) is 0. The highest BCUT2D eigenvalue weighted by Gasteiger charge is 2.52. The molecule has 0 aromatic heterocycles. The SMILES string of the molecule is C.CC1CCN(CC(O)CCOc2ccc(C34CC5CC(CC(C5)C3)C4)cc2)CC1.CC1CCNCC1.c1cc(C23CC4CC(CC(C4)C2)C3)ccc1OCCC1CO1. The van der Waals surface area contributed by atoms with Crippen molar-refractivity contribution in [2.45, 2.75) is 160 Å². The predicted molar refractivity (Wildman–Crippen MR) is 241 cm³/mol. The van der Waals surface area contributed by atoms with Gasteiger partial charge in [-0.05, 0) is 222 Å². The normalized spacial score (nSPS) is 36.1. The van der Waals surface area contributed by atoms with E-state index in [1.54, 1.807) is 11.1 Å². The number of ether oxygens (including phenoxy) is 3. The smallest absolute Gasteiger partial charge is 0.119 e. The van der Waals surface area contributed by atoms with Crippen molar-refractivity contribution in [3.8, 4) is 11.5 Å². The number of nitrogens with zero attached hydrogens (tertiary/aromatic N) is 1. The lowest BCUT2D eigenvalue weighted by Gasteiger charge is -2.57. The fourth-order valence-electron chi connectivity index (χ4n) is 14.2. The van der Waals surface area contributed by atoms with E-state index in [4.69, 9.17) is 14.2 Å². The van der Waals surface area contributed by atoms with E-state index in [1.165, 1.54) is 116 Å². The van der Waals surface area contributed by atoms with Gasteiger partial charge in [-0.15, -0.1) is 0 Å². The Hall–Kier alpha value is -2.12. The van der Waals surface area contributed by atoms with Gasteiger partial charge in [0, 0.05) is 19.4 Å². The van der Waals surface area contributed by atoms with E-state index in [2.05, 4.69) is 72.6 Å². The van der Waals surface area contributed by atoms with E-state index in [-0.39, 0.29) is 13.5 Å². The van der Waals surface area contributed by atoms with Crippen LogP contribution in [0.3, 0.4) is 0 Å². The first-order valence-electron chi connectivity index (χ1n) is 24.5. The second-order valence-electron chi connectivity index (χ2n) is 21.7. The quantitative estimate of drug-likeness (QED) is 0.208. The summed E-state index contributed by atoms with van der Waals surface area (Å²) in [5.41, 5.74) is 4.12. The number of aliphatic hydroxyl groups excluding tert-OH is 1. The van der Waals surface area contributed by atoms with Crippen LogP contribution in [-0.4, -0.2) is 74.8 Å². The third-order valence-electron chi connectivity index (χ3n) is 16.8. The first-order valence-corrected chi connectivity index (χ1v) is 24.5. The Labute approximate surface area is 359 Å². The molecule has 0 radical (unpaired) electrons. The molecule has 2 aromatic carbocycles. The number of nitrogens with one attached hydrogen (secondary N) is 1. The lowest BCUT2D eigenvalue weighted by atomic mass is 9.48. The van der Waals surface area contributed by atoms with Crippen LogP contribution in [0.5, 0.6) is 11.5 Å². The number of epoxide rings is 1. The van der Waals surface area contributed by atoms with Crippen molar-refractivity contribution in [1.29, 1.82) is 0 Å². The summed E-state index contributed by atoms with van der Waals surface area (Å²) in [6.07, 6.45) is 24.8. The molecule has 6 heteroatoms. The van der Waals surface area contributed by atoms with E-state index >= 15 is 0 Å². The number of piperidine rings is 2. The zero-order valence-electron chi connectivity index (χ0n) is 36.4. The molecule has 2 N–H and O–H groups in total. The molecule has 3 saturated heterocycles. The van der Waals surface area contributed by atoms with Crippen molar-refractivity contribution in [3.63, 3.8) is 0 Å². The van der Waals surface area contributed by atoms with E-state index < -0.39 is 0 Å². The fourth-order valence-corrected chi connectivity index (χ4v) is 14.2. The minimum Gasteiger partial charge on any atom is -0.493 e. The Morgan fingerprint density at radius 3 is 1.44 bits per heavy atom. The van der Waals surface area contributed by atoms with Crippen LogP contribution in [0.4, 0.5) is 0 Å². The van der Waals surface area contributed by atoms with Crippen LogP contribution in [0.25, 0.3) is 0 Å². The molecule has 0 amide bonds. The van der Waals surface area contributed by atoms with Crippen LogP contribution in [-0.2, 0) is 15.6 Å². The van der Waals surface area contributed by atoms with Crippen molar-refractivity contribution < 1.29 is 19.3 Å². The molecule has 2 unspecified atom stereocenters. The highest BCUT2D eigenvalue weighted by molar-refractivity contribution is 5.36. The molecule has 8 aliphatic carbocycles. The predicted octanol–water partition coefficient (Wildman–Crippen LogP) is 11.0. The molecule has 3 heterocycles.